The molecule has 25 heavy (non-hydrogen) atoms. The molecule has 0 heterocycles. The monoisotopic (exact) mass is 452 g/mol. The number of benzene rings is 2. The first-order valence-corrected chi connectivity index (χ1v) is 9.59. The van der Waals surface area contributed by atoms with Crippen LogP contribution in [0.25, 0.3) is 0 Å². The van der Waals surface area contributed by atoms with Gasteiger partial charge in [-0.2, -0.15) is 0 Å². The molecule has 1 N–H and O–H groups in total. The first-order valence-electron chi connectivity index (χ1n) is 8.51. The average Bonchev–Trinajstić information content (AvgIpc) is 2.65. The summed E-state index contributed by atoms with van der Waals surface area (Å²) in [6, 6.07) is 15.8. The number of nitrogens with one attached hydrogen (secondary N) is 1. The van der Waals surface area contributed by atoms with Crippen molar-refractivity contribution >= 4 is 28.5 Å². The molecule has 2 rings (SSSR count). The van der Waals surface area contributed by atoms with Crippen molar-refractivity contribution in [2.75, 3.05) is 26.7 Å². The Labute approximate surface area is 163 Å². The van der Waals surface area contributed by atoms with Crippen molar-refractivity contribution in [1.82, 2.24) is 10.2 Å². The fourth-order valence-corrected chi connectivity index (χ4v) is 3.53. The Kier molecular flexibility index (Phi) is 7.71. The zero-order valence-electron chi connectivity index (χ0n) is 15.0. The molecule has 134 valence electrons. The summed E-state index contributed by atoms with van der Waals surface area (Å²) in [7, 11) is 1.67. The van der Waals surface area contributed by atoms with E-state index in [4.69, 9.17) is 4.74 Å². The zero-order chi connectivity index (χ0) is 18.2. The van der Waals surface area contributed by atoms with Gasteiger partial charge < -0.3 is 10.1 Å². The van der Waals surface area contributed by atoms with Crippen LogP contribution in [0.5, 0.6) is 5.75 Å². The third-order valence-electron chi connectivity index (χ3n) is 4.31. The van der Waals surface area contributed by atoms with E-state index in [1.807, 2.05) is 42.5 Å². The SMILES string of the molecule is CCN(CC)C(CNC(=O)c1ccccc1I)c1cccc(OC)c1. The number of amides is 1. The Morgan fingerprint density at radius 1 is 1.16 bits per heavy atom. The summed E-state index contributed by atoms with van der Waals surface area (Å²) in [6.07, 6.45) is 0. The number of hydrogen-bond donors (Lipinski definition) is 1. The maximum atomic E-state index is 12.6. The minimum Gasteiger partial charge on any atom is -0.497 e. The van der Waals surface area contributed by atoms with Crippen LogP contribution in [0.15, 0.2) is 48.5 Å². The van der Waals surface area contributed by atoms with Crippen LogP contribution >= 0.6 is 22.6 Å². The molecular weight excluding hydrogens is 427 g/mol. The number of ether oxygens (including phenoxy) is 1. The fourth-order valence-electron chi connectivity index (χ4n) is 2.90. The van der Waals surface area contributed by atoms with Gasteiger partial charge in [0.2, 0.25) is 0 Å². The molecule has 5 heteroatoms. The molecule has 0 radical (unpaired) electrons. The van der Waals surface area contributed by atoms with E-state index in [2.05, 4.69) is 52.7 Å². The lowest BCUT2D eigenvalue weighted by Gasteiger charge is -2.30. The van der Waals surface area contributed by atoms with Crippen molar-refractivity contribution in [3.05, 3.63) is 63.2 Å². The molecule has 0 aliphatic heterocycles. The van der Waals surface area contributed by atoms with Crippen LogP contribution in [0.3, 0.4) is 0 Å². The molecule has 0 saturated carbocycles. The molecule has 0 aliphatic carbocycles. The van der Waals surface area contributed by atoms with Crippen LogP contribution in [0.2, 0.25) is 0 Å². The van der Waals surface area contributed by atoms with Gasteiger partial charge in [0.1, 0.15) is 5.75 Å². The average molecular weight is 452 g/mol. The molecule has 0 spiro atoms. The van der Waals surface area contributed by atoms with Crippen LogP contribution < -0.4 is 10.1 Å². The van der Waals surface area contributed by atoms with Crippen LogP contribution in [0.1, 0.15) is 35.8 Å². The minimum atomic E-state index is -0.0370. The number of likely N-dealkylation sites (N-methyl/N-ethyl adjacent to an activating group) is 1. The number of carbonyl (C=O) groups is 1. The first kappa shape index (κ1) is 19.7. The van der Waals surface area contributed by atoms with E-state index in [0.717, 1.165) is 28.0 Å². The number of nitrogens with zero attached hydrogens (tertiary/aromatic N) is 1. The van der Waals surface area contributed by atoms with Gasteiger partial charge in [0, 0.05) is 10.1 Å². The lowest BCUT2D eigenvalue weighted by Crippen LogP contribution is -2.38. The summed E-state index contributed by atoms with van der Waals surface area (Å²) >= 11 is 2.19. The van der Waals surface area contributed by atoms with E-state index in [-0.39, 0.29) is 11.9 Å². The van der Waals surface area contributed by atoms with Gasteiger partial charge in [-0.3, -0.25) is 9.69 Å². The van der Waals surface area contributed by atoms with E-state index in [9.17, 15) is 4.79 Å². The maximum Gasteiger partial charge on any atom is 0.252 e. The van der Waals surface area contributed by atoms with Crippen molar-refractivity contribution in [1.29, 1.82) is 0 Å². The highest BCUT2D eigenvalue weighted by molar-refractivity contribution is 14.1. The number of rotatable bonds is 8. The molecule has 0 saturated heterocycles. The van der Waals surface area contributed by atoms with Gasteiger partial charge in [-0.25, -0.2) is 0 Å². The van der Waals surface area contributed by atoms with E-state index in [1.165, 1.54) is 0 Å². The summed E-state index contributed by atoms with van der Waals surface area (Å²) in [4.78, 5) is 14.9. The first-order chi connectivity index (χ1) is 12.1. The number of carbonyl (C=O) groups excluding carboxylic acids is 1. The molecule has 2 aromatic carbocycles. The molecule has 0 bridgehead atoms. The van der Waals surface area contributed by atoms with Crippen molar-refractivity contribution in [3.63, 3.8) is 0 Å². The second-order valence-corrected chi connectivity index (χ2v) is 6.87. The van der Waals surface area contributed by atoms with Gasteiger partial charge in [-0.15, -0.1) is 0 Å². The number of hydrogen-bond acceptors (Lipinski definition) is 3. The third kappa shape index (κ3) is 5.19. The maximum absolute atomic E-state index is 12.6. The zero-order valence-corrected chi connectivity index (χ0v) is 17.1. The second kappa shape index (κ2) is 9.77. The van der Waals surface area contributed by atoms with E-state index in [1.54, 1.807) is 7.11 Å². The quantitative estimate of drug-likeness (QED) is 0.613. The molecule has 1 amide bonds. The van der Waals surface area contributed by atoms with Crippen LogP contribution in [0, 0.1) is 3.57 Å². The molecule has 1 atom stereocenters. The number of halogens is 1. The lowest BCUT2D eigenvalue weighted by atomic mass is 10.0. The van der Waals surface area contributed by atoms with Gasteiger partial charge in [-0.05, 0) is 65.5 Å². The van der Waals surface area contributed by atoms with Crippen molar-refractivity contribution in [2.45, 2.75) is 19.9 Å². The Balaban J connectivity index is 2.19. The Hall–Kier alpha value is -1.60. The Bertz CT molecular complexity index is 702. The third-order valence-corrected chi connectivity index (χ3v) is 5.25. The summed E-state index contributed by atoms with van der Waals surface area (Å²) in [5.74, 6) is 0.795. The van der Waals surface area contributed by atoms with Crippen molar-refractivity contribution in [2.24, 2.45) is 0 Å². The minimum absolute atomic E-state index is 0.0370. The molecule has 1 unspecified atom stereocenters. The smallest absolute Gasteiger partial charge is 0.252 e. The highest BCUT2D eigenvalue weighted by Gasteiger charge is 2.20. The van der Waals surface area contributed by atoms with Crippen LogP contribution in [0.4, 0.5) is 0 Å². The van der Waals surface area contributed by atoms with Crippen LogP contribution in [-0.2, 0) is 0 Å². The molecule has 0 fully saturated rings. The summed E-state index contributed by atoms with van der Waals surface area (Å²) in [6.45, 7) is 6.66. The molecule has 0 aromatic heterocycles. The summed E-state index contributed by atoms with van der Waals surface area (Å²) in [5, 5.41) is 3.10. The van der Waals surface area contributed by atoms with Crippen molar-refractivity contribution in [3.8, 4) is 5.75 Å². The Morgan fingerprint density at radius 3 is 2.52 bits per heavy atom. The lowest BCUT2D eigenvalue weighted by molar-refractivity contribution is 0.0934. The van der Waals surface area contributed by atoms with Crippen LogP contribution in [-0.4, -0.2) is 37.6 Å². The predicted octanol–water partition coefficient (Wildman–Crippen LogP) is 4.11. The van der Waals surface area contributed by atoms with Gasteiger partial charge in [0.05, 0.1) is 18.7 Å². The standard InChI is InChI=1S/C20H25IN2O2/c1-4-23(5-2)19(15-9-8-10-16(13-15)25-3)14-22-20(24)17-11-6-7-12-18(17)21/h6-13,19H,4-5,14H2,1-3H3,(H,22,24). The molecular formula is C20H25IN2O2. The van der Waals surface area contributed by atoms with Gasteiger partial charge in [-0.1, -0.05) is 38.1 Å². The second-order valence-electron chi connectivity index (χ2n) is 5.70. The molecule has 4 nitrogen and oxygen atoms in total. The Morgan fingerprint density at radius 2 is 1.88 bits per heavy atom. The normalized spacial score (nSPS) is 12.0. The predicted molar refractivity (Wildman–Crippen MR) is 110 cm³/mol. The van der Waals surface area contributed by atoms with Crippen molar-refractivity contribution < 1.29 is 9.53 Å². The van der Waals surface area contributed by atoms with E-state index in [0.29, 0.717) is 12.1 Å². The molecule has 2 aromatic rings. The summed E-state index contributed by atoms with van der Waals surface area (Å²) in [5.41, 5.74) is 1.86. The van der Waals surface area contributed by atoms with Gasteiger partial charge >= 0.3 is 0 Å². The number of methoxy groups -OCH3 is 1. The highest BCUT2D eigenvalue weighted by atomic mass is 127. The largest absolute Gasteiger partial charge is 0.497 e. The summed E-state index contributed by atoms with van der Waals surface area (Å²) < 4.78 is 6.31. The van der Waals surface area contributed by atoms with Gasteiger partial charge in [0.25, 0.3) is 5.91 Å². The van der Waals surface area contributed by atoms with E-state index < -0.39 is 0 Å². The topological polar surface area (TPSA) is 41.6 Å². The fraction of sp³-hybridized carbons (Fsp3) is 0.350. The van der Waals surface area contributed by atoms with E-state index >= 15 is 0 Å². The van der Waals surface area contributed by atoms with Gasteiger partial charge in [0.15, 0.2) is 0 Å². The highest BCUT2D eigenvalue weighted by Crippen LogP contribution is 2.24. The molecule has 0 aliphatic rings.